The third-order valence-corrected chi connectivity index (χ3v) is 5.62. The summed E-state index contributed by atoms with van der Waals surface area (Å²) in [5.41, 5.74) is 0.524. The first kappa shape index (κ1) is 18.4. The summed E-state index contributed by atoms with van der Waals surface area (Å²) < 4.78 is 0. The van der Waals surface area contributed by atoms with Gasteiger partial charge in [-0.2, -0.15) is 0 Å². The number of rotatable bonds is 5. The highest BCUT2D eigenvalue weighted by Gasteiger charge is 2.39. The number of benzene rings is 1. The van der Waals surface area contributed by atoms with Crippen molar-refractivity contribution in [3.05, 3.63) is 35.9 Å². The minimum atomic E-state index is -1.10. The fourth-order valence-electron chi connectivity index (χ4n) is 4.01. The van der Waals surface area contributed by atoms with Crippen molar-refractivity contribution < 1.29 is 19.5 Å². The van der Waals surface area contributed by atoms with Crippen molar-refractivity contribution in [1.29, 1.82) is 0 Å². The number of hydrogen-bond acceptors (Lipinski definition) is 3. The van der Waals surface area contributed by atoms with E-state index in [-0.39, 0.29) is 24.3 Å². The molecule has 0 radical (unpaired) electrons. The number of hydrogen-bond donors (Lipinski definition) is 2. The maximum Gasteiger partial charge on any atom is 0.330 e. The van der Waals surface area contributed by atoms with E-state index in [0.717, 1.165) is 25.7 Å². The lowest BCUT2D eigenvalue weighted by Crippen LogP contribution is -2.41. The average molecular weight is 358 g/mol. The Morgan fingerprint density at radius 2 is 1.81 bits per heavy atom. The zero-order chi connectivity index (χ0) is 18.7. The van der Waals surface area contributed by atoms with Crippen LogP contribution in [0.1, 0.15) is 50.6 Å². The van der Waals surface area contributed by atoms with Crippen molar-refractivity contribution in [2.45, 2.75) is 51.1 Å². The Bertz CT molecular complexity index is 668. The second kappa shape index (κ2) is 7.89. The van der Waals surface area contributed by atoms with Crippen LogP contribution < -0.4 is 5.32 Å². The van der Waals surface area contributed by atoms with E-state index in [1.54, 1.807) is 30.3 Å². The van der Waals surface area contributed by atoms with Crippen LogP contribution in [0, 0.1) is 11.8 Å². The first-order valence-electron chi connectivity index (χ1n) is 9.33. The predicted octanol–water partition coefficient (Wildman–Crippen LogP) is 2.36. The average Bonchev–Trinajstić information content (AvgIpc) is 3.02. The molecule has 1 aliphatic heterocycles. The molecule has 2 fully saturated rings. The van der Waals surface area contributed by atoms with E-state index in [9.17, 15) is 19.5 Å². The molecule has 0 bridgehead atoms. The van der Waals surface area contributed by atoms with Gasteiger partial charge in [0.1, 0.15) is 0 Å². The van der Waals surface area contributed by atoms with Crippen LogP contribution in [0.2, 0.25) is 0 Å². The minimum absolute atomic E-state index is 0.0105. The third kappa shape index (κ3) is 4.06. The van der Waals surface area contributed by atoms with Crippen molar-refractivity contribution in [2.24, 2.45) is 11.8 Å². The van der Waals surface area contributed by atoms with Gasteiger partial charge in [-0.25, -0.2) is 4.79 Å². The maximum atomic E-state index is 12.6. The summed E-state index contributed by atoms with van der Waals surface area (Å²) in [6.45, 7) is 2.62. The quantitative estimate of drug-likeness (QED) is 0.846. The van der Waals surface area contributed by atoms with Crippen molar-refractivity contribution in [1.82, 2.24) is 10.2 Å². The van der Waals surface area contributed by atoms with Crippen LogP contribution in [-0.2, 0) is 14.4 Å². The Morgan fingerprint density at radius 3 is 2.42 bits per heavy atom. The topological polar surface area (TPSA) is 86.7 Å². The lowest BCUT2D eigenvalue weighted by Gasteiger charge is -2.33. The van der Waals surface area contributed by atoms with Gasteiger partial charge < -0.3 is 15.3 Å². The summed E-state index contributed by atoms with van der Waals surface area (Å²) in [5, 5.41) is 12.1. The number of nitrogens with one attached hydrogen (secondary N) is 1. The summed E-state index contributed by atoms with van der Waals surface area (Å²) in [5.74, 6) is -1.23. The van der Waals surface area contributed by atoms with E-state index < -0.39 is 17.9 Å². The molecule has 26 heavy (non-hydrogen) atoms. The van der Waals surface area contributed by atoms with Crippen LogP contribution >= 0.6 is 0 Å². The first-order valence-corrected chi connectivity index (χ1v) is 9.33. The van der Waals surface area contributed by atoms with Gasteiger partial charge in [-0.15, -0.1) is 0 Å². The van der Waals surface area contributed by atoms with Crippen LogP contribution in [0.5, 0.6) is 0 Å². The highest BCUT2D eigenvalue weighted by atomic mass is 16.4. The molecule has 1 saturated heterocycles. The molecule has 6 nitrogen and oxygen atoms in total. The molecule has 1 unspecified atom stereocenters. The Balaban J connectivity index is 1.63. The number of carbonyl (C=O) groups excluding carboxylic acids is 2. The molecule has 0 spiro atoms. The summed E-state index contributed by atoms with van der Waals surface area (Å²) in [4.78, 5) is 38.4. The van der Waals surface area contributed by atoms with Gasteiger partial charge >= 0.3 is 5.97 Å². The summed E-state index contributed by atoms with van der Waals surface area (Å²) in [6.07, 6.45) is 4.37. The van der Waals surface area contributed by atoms with Gasteiger partial charge in [0, 0.05) is 19.0 Å². The molecule has 1 aromatic rings. The molecule has 1 saturated carbocycles. The van der Waals surface area contributed by atoms with Crippen molar-refractivity contribution in [3.8, 4) is 0 Å². The van der Waals surface area contributed by atoms with E-state index in [2.05, 4.69) is 12.2 Å². The molecule has 2 amide bonds. The number of carboxylic acid groups (broad SMARTS) is 1. The largest absolute Gasteiger partial charge is 0.479 e. The number of amides is 2. The number of carboxylic acids is 1. The predicted molar refractivity (Wildman–Crippen MR) is 96.2 cm³/mol. The molecule has 3 rings (SSSR count). The molecule has 1 heterocycles. The van der Waals surface area contributed by atoms with Crippen LogP contribution in [-0.4, -0.2) is 40.4 Å². The van der Waals surface area contributed by atoms with E-state index in [0.29, 0.717) is 18.0 Å². The van der Waals surface area contributed by atoms with Crippen LogP contribution in [0.25, 0.3) is 0 Å². The zero-order valence-electron chi connectivity index (χ0n) is 15.1. The third-order valence-electron chi connectivity index (χ3n) is 5.62. The Kier molecular flexibility index (Phi) is 5.59. The molecule has 2 N–H and O–H groups in total. The lowest BCUT2D eigenvalue weighted by molar-refractivity contribution is -0.142. The number of aliphatic carboxylic acids is 1. The molecule has 1 aliphatic carbocycles. The fraction of sp³-hybridized carbons (Fsp3) is 0.550. The number of carbonyl (C=O) groups is 3. The second-order valence-electron chi connectivity index (χ2n) is 7.55. The molecule has 140 valence electrons. The van der Waals surface area contributed by atoms with Crippen molar-refractivity contribution >= 4 is 17.8 Å². The Hall–Kier alpha value is -2.37. The normalized spacial score (nSPS) is 27.2. The van der Waals surface area contributed by atoms with Gasteiger partial charge in [-0.05, 0) is 37.2 Å². The molecule has 0 aromatic heterocycles. The fourth-order valence-corrected chi connectivity index (χ4v) is 4.01. The smallest absolute Gasteiger partial charge is 0.330 e. The van der Waals surface area contributed by atoms with Gasteiger partial charge in [0.15, 0.2) is 6.04 Å². The van der Waals surface area contributed by atoms with E-state index in [1.807, 2.05) is 4.90 Å². The van der Waals surface area contributed by atoms with Gasteiger partial charge in [0.05, 0.1) is 5.92 Å². The standard InChI is InChI=1S/C20H26N2O4/c1-13-7-9-16(10-8-13)22-12-15(11-17(22)23)19(24)21-18(20(25)26)14-5-3-2-4-6-14/h2-6,13,15-16,18H,7-12H2,1H3,(H,21,24)(H,25,26)/t13?,15?,16?,18-/m1/s1. The van der Waals surface area contributed by atoms with Crippen LogP contribution in [0.15, 0.2) is 30.3 Å². The Morgan fingerprint density at radius 1 is 1.15 bits per heavy atom. The number of likely N-dealkylation sites (tertiary alicyclic amines) is 1. The molecular weight excluding hydrogens is 332 g/mol. The lowest BCUT2D eigenvalue weighted by atomic mass is 9.86. The van der Waals surface area contributed by atoms with Gasteiger partial charge in [-0.3, -0.25) is 9.59 Å². The minimum Gasteiger partial charge on any atom is -0.479 e. The number of nitrogens with zero attached hydrogens (tertiary/aromatic N) is 1. The first-order chi connectivity index (χ1) is 12.5. The second-order valence-corrected chi connectivity index (χ2v) is 7.55. The van der Waals surface area contributed by atoms with E-state index >= 15 is 0 Å². The molecule has 2 atom stereocenters. The van der Waals surface area contributed by atoms with Gasteiger partial charge in [0.25, 0.3) is 0 Å². The summed E-state index contributed by atoms with van der Waals surface area (Å²) in [7, 11) is 0. The van der Waals surface area contributed by atoms with Gasteiger partial charge in [0.2, 0.25) is 11.8 Å². The Labute approximate surface area is 153 Å². The van der Waals surface area contributed by atoms with E-state index in [1.165, 1.54) is 0 Å². The molecule has 2 aliphatic rings. The molecule has 1 aromatic carbocycles. The zero-order valence-corrected chi connectivity index (χ0v) is 15.1. The van der Waals surface area contributed by atoms with Gasteiger partial charge in [-0.1, -0.05) is 37.3 Å². The molecule has 6 heteroatoms. The van der Waals surface area contributed by atoms with Crippen molar-refractivity contribution in [2.75, 3.05) is 6.54 Å². The van der Waals surface area contributed by atoms with Crippen molar-refractivity contribution in [3.63, 3.8) is 0 Å². The highest BCUT2D eigenvalue weighted by Crippen LogP contribution is 2.31. The highest BCUT2D eigenvalue weighted by molar-refractivity contribution is 5.91. The maximum absolute atomic E-state index is 12.6. The van der Waals surface area contributed by atoms with Crippen LogP contribution in [0.4, 0.5) is 0 Å². The monoisotopic (exact) mass is 358 g/mol. The SMILES string of the molecule is CC1CCC(N2CC(C(=O)N[C@@H](C(=O)O)c3ccccc3)CC2=O)CC1. The van der Waals surface area contributed by atoms with E-state index in [4.69, 9.17) is 0 Å². The summed E-state index contributed by atoms with van der Waals surface area (Å²) >= 11 is 0. The summed E-state index contributed by atoms with van der Waals surface area (Å²) in [6, 6.07) is 7.75. The molecular formula is C20H26N2O4. The van der Waals surface area contributed by atoms with Crippen LogP contribution in [0.3, 0.4) is 0 Å².